The van der Waals surface area contributed by atoms with Crippen molar-refractivity contribution >= 4 is 11.7 Å². The van der Waals surface area contributed by atoms with Gasteiger partial charge in [0.15, 0.2) is 5.75 Å². The van der Waals surface area contributed by atoms with E-state index < -0.39 is 10.9 Å². The van der Waals surface area contributed by atoms with Gasteiger partial charge in [0.25, 0.3) is 0 Å². The van der Waals surface area contributed by atoms with E-state index >= 15 is 0 Å². The van der Waals surface area contributed by atoms with Gasteiger partial charge in [-0.3, -0.25) is 15.1 Å². The molecule has 0 saturated carbocycles. The van der Waals surface area contributed by atoms with Gasteiger partial charge in [-0.05, 0) is 19.1 Å². The molecule has 1 aromatic carbocycles. The Balaban J connectivity index is 2.49. The monoisotopic (exact) mass is 274 g/mol. The van der Waals surface area contributed by atoms with E-state index in [2.05, 4.69) is 4.98 Å². The van der Waals surface area contributed by atoms with E-state index in [9.17, 15) is 14.9 Å². The smallest absolute Gasteiger partial charge is 0.339 e. The lowest BCUT2D eigenvalue weighted by Crippen LogP contribution is -2.02. The number of carboxylic acid groups (broad SMARTS) is 1. The number of aromatic carboxylic acids is 1. The van der Waals surface area contributed by atoms with Crippen LogP contribution in [0.2, 0.25) is 0 Å². The van der Waals surface area contributed by atoms with Crippen LogP contribution in [0.4, 0.5) is 5.69 Å². The fraction of sp³-hybridized carbons (Fsp3) is 0.0769. The first-order valence-corrected chi connectivity index (χ1v) is 5.60. The van der Waals surface area contributed by atoms with Crippen LogP contribution < -0.4 is 4.74 Å². The maximum Gasteiger partial charge on any atom is 0.339 e. The fourth-order valence-corrected chi connectivity index (χ4v) is 1.70. The molecule has 0 fully saturated rings. The summed E-state index contributed by atoms with van der Waals surface area (Å²) in [4.78, 5) is 25.3. The third kappa shape index (κ3) is 2.56. The van der Waals surface area contributed by atoms with Gasteiger partial charge in [-0.15, -0.1) is 0 Å². The average Bonchev–Trinajstić information content (AvgIpc) is 2.38. The molecule has 2 rings (SSSR count). The highest BCUT2D eigenvalue weighted by Crippen LogP contribution is 2.34. The Morgan fingerprint density at radius 2 is 2.10 bits per heavy atom. The molecular weight excluding hydrogens is 264 g/mol. The van der Waals surface area contributed by atoms with Gasteiger partial charge in [-0.25, -0.2) is 4.79 Å². The first kappa shape index (κ1) is 13.5. The van der Waals surface area contributed by atoms with Crippen LogP contribution in [0.15, 0.2) is 36.7 Å². The van der Waals surface area contributed by atoms with Crippen LogP contribution in [0.1, 0.15) is 15.9 Å². The number of aromatic nitrogens is 1. The molecule has 1 heterocycles. The Labute approximate surface area is 113 Å². The predicted molar refractivity (Wildman–Crippen MR) is 69.1 cm³/mol. The van der Waals surface area contributed by atoms with E-state index in [1.165, 1.54) is 24.5 Å². The fourth-order valence-electron chi connectivity index (χ4n) is 1.70. The summed E-state index contributed by atoms with van der Waals surface area (Å²) in [6.45, 7) is 1.58. The number of nitrogens with zero attached hydrogens (tertiary/aromatic N) is 2. The number of nitro benzene ring substituents is 1. The van der Waals surface area contributed by atoms with Crippen LogP contribution in [0.25, 0.3) is 0 Å². The first-order valence-electron chi connectivity index (χ1n) is 5.60. The van der Waals surface area contributed by atoms with Crippen molar-refractivity contribution in [2.45, 2.75) is 6.92 Å². The van der Waals surface area contributed by atoms with Gasteiger partial charge in [0, 0.05) is 11.8 Å². The van der Waals surface area contributed by atoms with Crippen LogP contribution in [0.5, 0.6) is 11.5 Å². The summed E-state index contributed by atoms with van der Waals surface area (Å²) >= 11 is 0. The van der Waals surface area contributed by atoms with E-state index in [4.69, 9.17) is 9.84 Å². The highest BCUT2D eigenvalue weighted by Gasteiger charge is 2.21. The summed E-state index contributed by atoms with van der Waals surface area (Å²) in [7, 11) is 0. The Morgan fingerprint density at radius 1 is 1.35 bits per heavy atom. The molecule has 2 aromatic rings. The van der Waals surface area contributed by atoms with Gasteiger partial charge in [-0.1, -0.05) is 12.1 Å². The van der Waals surface area contributed by atoms with Crippen molar-refractivity contribution in [2.24, 2.45) is 0 Å². The van der Waals surface area contributed by atoms with Crippen molar-refractivity contribution in [3.8, 4) is 11.5 Å². The zero-order valence-corrected chi connectivity index (χ0v) is 10.4. The van der Waals surface area contributed by atoms with E-state index in [-0.39, 0.29) is 22.7 Å². The number of pyridine rings is 1. The molecule has 0 saturated heterocycles. The van der Waals surface area contributed by atoms with Crippen LogP contribution in [0, 0.1) is 17.0 Å². The molecule has 1 N–H and O–H groups in total. The number of aryl methyl sites for hydroxylation is 1. The lowest BCUT2D eigenvalue weighted by molar-refractivity contribution is -0.386. The van der Waals surface area contributed by atoms with Crippen molar-refractivity contribution in [3.63, 3.8) is 0 Å². The summed E-state index contributed by atoms with van der Waals surface area (Å²) < 4.78 is 5.36. The van der Waals surface area contributed by atoms with E-state index in [1.54, 1.807) is 19.1 Å². The second-order valence-corrected chi connectivity index (χ2v) is 3.96. The van der Waals surface area contributed by atoms with E-state index in [1.807, 2.05) is 0 Å². The number of ether oxygens (including phenoxy) is 1. The molecule has 0 bridgehead atoms. The number of para-hydroxylation sites is 1. The van der Waals surface area contributed by atoms with Crippen molar-refractivity contribution in [1.29, 1.82) is 0 Å². The van der Waals surface area contributed by atoms with Crippen LogP contribution in [-0.4, -0.2) is 21.0 Å². The van der Waals surface area contributed by atoms with Crippen LogP contribution >= 0.6 is 0 Å². The van der Waals surface area contributed by atoms with Crippen molar-refractivity contribution in [1.82, 2.24) is 4.98 Å². The maximum atomic E-state index is 11.1. The number of hydrogen-bond acceptors (Lipinski definition) is 5. The zero-order chi connectivity index (χ0) is 14.7. The molecule has 20 heavy (non-hydrogen) atoms. The SMILES string of the molecule is Cc1cccc(Oc2cnccc2C(=O)O)c1[N+](=O)[O-]. The second-order valence-electron chi connectivity index (χ2n) is 3.96. The molecule has 0 aliphatic rings. The summed E-state index contributed by atoms with van der Waals surface area (Å²) in [5, 5.41) is 20.1. The Kier molecular flexibility index (Phi) is 3.60. The van der Waals surface area contributed by atoms with Gasteiger partial charge < -0.3 is 9.84 Å². The zero-order valence-electron chi connectivity index (χ0n) is 10.4. The second kappa shape index (κ2) is 5.35. The van der Waals surface area contributed by atoms with Gasteiger partial charge >= 0.3 is 11.7 Å². The van der Waals surface area contributed by atoms with Crippen molar-refractivity contribution < 1.29 is 19.6 Å². The number of hydrogen-bond donors (Lipinski definition) is 1. The normalized spacial score (nSPS) is 10.1. The molecule has 0 spiro atoms. The van der Waals surface area contributed by atoms with E-state index in [0.29, 0.717) is 5.56 Å². The molecule has 102 valence electrons. The molecule has 0 aliphatic heterocycles. The summed E-state index contributed by atoms with van der Waals surface area (Å²) in [5.74, 6) is -1.27. The van der Waals surface area contributed by atoms with Crippen LogP contribution in [-0.2, 0) is 0 Å². The molecule has 0 amide bonds. The Bertz CT molecular complexity index is 684. The number of rotatable bonds is 4. The lowest BCUT2D eigenvalue weighted by atomic mass is 10.2. The molecule has 0 atom stereocenters. The minimum absolute atomic E-state index is 0.0227. The highest BCUT2D eigenvalue weighted by atomic mass is 16.6. The third-order valence-electron chi connectivity index (χ3n) is 2.62. The molecule has 1 aromatic heterocycles. The highest BCUT2D eigenvalue weighted by molar-refractivity contribution is 5.90. The minimum atomic E-state index is -1.20. The number of benzene rings is 1. The average molecular weight is 274 g/mol. The maximum absolute atomic E-state index is 11.1. The van der Waals surface area contributed by atoms with Gasteiger partial charge in [0.05, 0.1) is 11.1 Å². The number of nitro groups is 1. The molecular formula is C13H10N2O5. The van der Waals surface area contributed by atoms with Crippen molar-refractivity contribution in [3.05, 3.63) is 57.9 Å². The topological polar surface area (TPSA) is 103 Å². The van der Waals surface area contributed by atoms with E-state index in [0.717, 1.165) is 0 Å². The molecule has 7 heteroatoms. The first-order chi connectivity index (χ1) is 9.50. The predicted octanol–water partition coefficient (Wildman–Crippen LogP) is 2.79. The van der Waals surface area contributed by atoms with Crippen molar-refractivity contribution in [2.75, 3.05) is 0 Å². The minimum Gasteiger partial charge on any atom is -0.478 e. The van der Waals surface area contributed by atoms with Crippen LogP contribution in [0.3, 0.4) is 0 Å². The third-order valence-corrected chi connectivity index (χ3v) is 2.62. The quantitative estimate of drug-likeness (QED) is 0.679. The Morgan fingerprint density at radius 3 is 2.75 bits per heavy atom. The molecule has 0 unspecified atom stereocenters. The Hall–Kier alpha value is -2.96. The summed E-state index contributed by atoms with van der Waals surface area (Å²) in [5.41, 5.74) is 0.108. The number of carboxylic acids is 1. The van der Waals surface area contributed by atoms with Gasteiger partial charge in [0.1, 0.15) is 5.56 Å². The molecule has 7 nitrogen and oxygen atoms in total. The van der Waals surface area contributed by atoms with Gasteiger partial charge in [-0.2, -0.15) is 0 Å². The number of carbonyl (C=O) groups is 1. The molecule has 0 radical (unpaired) electrons. The lowest BCUT2D eigenvalue weighted by Gasteiger charge is -2.09. The summed E-state index contributed by atoms with van der Waals surface area (Å²) in [6, 6.07) is 5.84. The largest absolute Gasteiger partial charge is 0.478 e. The van der Waals surface area contributed by atoms with Gasteiger partial charge in [0.2, 0.25) is 5.75 Å². The standard InChI is InChI=1S/C13H10N2O5/c1-8-3-2-4-10(12(8)15(18)19)20-11-7-14-6-5-9(11)13(16)17/h2-7H,1H3,(H,16,17). The summed E-state index contributed by atoms with van der Waals surface area (Å²) in [6.07, 6.45) is 2.51. The molecule has 0 aliphatic carbocycles.